The molecule has 13 nitrogen and oxygen atoms in total. The lowest BCUT2D eigenvalue weighted by Crippen LogP contribution is -2.63. The van der Waals surface area contributed by atoms with E-state index in [1.807, 2.05) is 28.3 Å². The number of hydrogen-bond acceptors (Lipinski definition) is 10. The van der Waals surface area contributed by atoms with E-state index in [-0.39, 0.29) is 47.8 Å². The lowest BCUT2D eigenvalue weighted by Gasteiger charge is -2.46. The number of aliphatic hydroxyl groups is 1. The number of nitro benzene ring substituents is 1. The summed E-state index contributed by atoms with van der Waals surface area (Å²) < 4.78 is 9.26. The van der Waals surface area contributed by atoms with Crippen LogP contribution >= 0.6 is 23.1 Å². The molecule has 0 radical (unpaired) electrons. The van der Waals surface area contributed by atoms with Crippen molar-refractivity contribution < 1.29 is 33.8 Å². The monoisotopic (exact) mass is 588 g/mol. The van der Waals surface area contributed by atoms with Gasteiger partial charge in [0, 0.05) is 28.5 Å². The van der Waals surface area contributed by atoms with Gasteiger partial charge in [-0.1, -0.05) is 30.0 Å². The second kappa shape index (κ2) is 10.6. The molecule has 0 spiro atoms. The highest BCUT2D eigenvalue weighted by Gasteiger charge is 2.60. The van der Waals surface area contributed by atoms with Gasteiger partial charge >= 0.3 is 5.97 Å². The van der Waals surface area contributed by atoms with Crippen molar-refractivity contribution in [2.75, 3.05) is 12.8 Å². The van der Waals surface area contributed by atoms with Crippen LogP contribution < -0.4 is 4.57 Å². The van der Waals surface area contributed by atoms with E-state index in [0.29, 0.717) is 11.1 Å². The average Bonchev–Trinajstić information content (AvgIpc) is 3.52. The highest BCUT2D eigenvalue weighted by Crippen LogP contribution is 2.52. The highest BCUT2D eigenvalue weighted by atomic mass is 32.2. The zero-order chi connectivity index (χ0) is 28.9. The molecule has 210 valence electrons. The predicted molar refractivity (Wildman–Crippen MR) is 144 cm³/mol. The van der Waals surface area contributed by atoms with Crippen molar-refractivity contribution in [3.8, 4) is 0 Å². The maximum atomic E-state index is 13.5. The number of β-lactam (4-membered cyclic amide) rings is 1. The van der Waals surface area contributed by atoms with E-state index < -0.39 is 29.0 Å². The molecule has 5 rings (SSSR count). The van der Waals surface area contributed by atoms with Crippen molar-refractivity contribution in [2.45, 2.75) is 44.2 Å². The van der Waals surface area contributed by atoms with Crippen LogP contribution in [0.25, 0.3) is 10.4 Å². The van der Waals surface area contributed by atoms with Gasteiger partial charge in [0.2, 0.25) is 22.3 Å². The predicted octanol–water partition coefficient (Wildman–Crippen LogP) is 2.51. The van der Waals surface area contributed by atoms with Gasteiger partial charge in [-0.2, -0.15) is 4.40 Å². The lowest BCUT2D eigenvalue weighted by molar-refractivity contribution is -0.747. The standard InChI is InChI=1S/C25H26N5O8S2/c1-13-18(17-10-27-12-26(8-9-28(34)35)23(39-3)24(27)40-17)21(29-20(13)19(14(2)31)22(29)32)25(33)38-11-15-4-6-16(7-5-15)30(36)37/h4-7,10,12-14,19-20,31H,8-9,11H2,1-3H3/q+1/t13-,14+,19+,20+/m0/s1. The van der Waals surface area contributed by atoms with Crippen LogP contribution in [0.3, 0.4) is 0 Å². The molecule has 4 heterocycles. The van der Waals surface area contributed by atoms with Gasteiger partial charge in [-0.3, -0.25) is 25.0 Å². The minimum atomic E-state index is -0.893. The summed E-state index contributed by atoms with van der Waals surface area (Å²) in [7, 11) is 0. The summed E-state index contributed by atoms with van der Waals surface area (Å²) in [6.07, 6.45) is 4.60. The topological polar surface area (TPSA) is 161 Å². The summed E-state index contributed by atoms with van der Waals surface area (Å²) in [4.78, 5) is 50.5. The Bertz CT molecular complexity index is 1560. The van der Waals surface area contributed by atoms with E-state index in [1.54, 1.807) is 13.3 Å². The molecule has 2 aromatic heterocycles. The fourth-order valence-electron chi connectivity index (χ4n) is 5.43. The van der Waals surface area contributed by atoms with Crippen molar-refractivity contribution in [3.05, 3.63) is 73.2 Å². The summed E-state index contributed by atoms with van der Waals surface area (Å²) in [6.45, 7) is 3.32. The average molecular weight is 589 g/mol. The van der Waals surface area contributed by atoms with Crippen LogP contribution in [0.2, 0.25) is 0 Å². The molecule has 2 aliphatic rings. The van der Waals surface area contributed by atoms with Crippen molar-refractivity contribution in [2.24, 2.45) is 11.8 Å². The number of carbonyl (C=O) groups excluding carboxylic acids is 2. The lowest BCUT2D eigenvalue weighted by atomic mass is 9.77. The normalized spacial score (nSPS) is 20.9. The summed E-state index contributed by atoms with van der Waals surface area (Å²) in [5.74, 6) is -1.98. The molecule has 1 fully saturated rings. The molecule has 0 unspecified atom stereocenters. The van der Waals surface area contributed by atoms with E-state index in [0.717, 1.165) is 14.7 Å². The molecule has 1 saturated heterocycles. The zero-order valence-electron chi connectivity index (χ0n) is 21.8. The number of carbonyl (C=O) groups is 2. The highest BCUT2D eigenvalue weighted by molar-refractivity contribution is 7.98. The van der Waals surface area contributed by atoms with Gasteiger partial charge in [0.25, 0.3) is 12.0 Å². The quantitative estimate of drug-likeness (QED) is 0.0937. The fraction of sp³-hybridized carbons (Fsp3) is 0.400. The molecule has 2 aliphatic heterocycles. The number of nitrogens with zero attached hydrogens (tertiary/aromatic N) is 5. The largest absolute Gasteiger partial charge is 0.456 e. The second-order valence-electron chi connectivity index (χ2n) is 9.70. The Kier molecular flexibility index (Phi) is 7.37. The number of thioether (sulfide) groups is 1. The first-order valence-corrected chi connectivity index (χ1v) is 14.4. The molecule has 4 atom stereocenters. The van der Waals surface area contributed by atoms with Gasteiger partial charge < -0.3 is 14.7 Å². The van der Waals surface area contributed by atoms with Crippen LogP contribution in [0, 0.1) is 32.1 Å². The number of ether oxygens (including phenoxy) is 1. The number of aliphatic hydroxyl groups excluding tert-OH is 1. The molecule has 15 heteroatoms. The number of fused-ring (bicyclic) bond motifs is 2. The molecule has 0 bridgehead atoms. The van der Waals surface area contributed by atoms with Gasteiger partial charge in [-0.05, 0) is 30.9 Å². The maximum absolute atomic E-state index is 13.5. The minimum Gasteiger partial charge on any atom is -0.456 e. The zero-order valence-corrected chi connectivity index (χ0v) is 23.4. The molecule has 0 aliphatic carbocycles. The third-order valence-corrected chi connectivity index (χ3v) is 9.36. The molecule has 3 aromatic rings. The smallest absolute Gasteiger partial charge is 0.355 e. The number of aromatic nitrogens is 2. The van der Waals surface area contributed by atoms with Gasteiger partial charge in [-0.15, -0.1) is 0 Å². The van der Waals surface area contributed by atoms with Gasteiger partial charge in [0.15, 0.2) is 6.54 Å². The van der Waals surface area contributed by atoms with E-state index in [4.69, 9.17) is 4.74 Å². The summed E-state index contributed by atoms with van der Waals surface area (Å²) in [5.41, 5.74) is 1.22. The molecular formula is C25H26N5O8S2+. The van der Waals surface area contributed by atoms with Crippen LogP contribution in [0.5, 0.6) is 0 Å². The Morgan fingerprint density at radius 3 is 2.58 bits per heavy atom. The first kappa shape index (κ1) is 27.7. The Hall–Kier alpha value is -3.82. The summed E-state index contributed by atoms with van der Waals surface area (Å²) >= 11 is 2.86. The number of non-ortho nitro benzene ring substituents is 1. The van der Waals surface area contributed by atoms with Crippen molar-refractivity contribution >= 4 is 51.1 Å². The number of imidazole rings is 1. The van der Waals surface area contributed by atoms with Crippen molar-refractivity contribution in [3.63, 3.8) is 0 Å². The van der Waals surface area contributed by atoms with Gasteiger partial charge in [0.1, 0.15) is 18.5 Å². The maximum Gasteiger partial charge on any atom is 0.355 e. The molecule has 1 amide bonds. The number of nitro groups is 2. The first-order valence-electron chi connectivity index (χ1n) is 12.4. The van der Waals surface area contributed by atoms with Gasteiger partial charge in [0.05, 0.1) is 27.9 Å². The van der Waals surface area contributed by atoms with Crippen LogP contribution in [0.15, 0.2) is 47.5 Å². The Morgan fingerprint density at radius 2 is 1.98 bits per heavy atom. The van der Waals surface area contributed by atoms with Crippen LogP contribution in [0.4, 0.5) is 5.69 Å². The number of rotatable bonds is 10. The summed E-state index contributed by atoms with van der Waals surface area (Å²) in [6, 6.07) is 5.24. The Morgan fingerprint density at radius 1 is 1.27 bits per heavy atom. The van der Waals surface area contributed by atoms with E-state index in [1.165, 1.54) is 52.3 Å². The number of thiazole rings is 1. The molecule has 0 saturated carbocycles. The molecule has 40 heavy (non-hydrogen) atoms. The van der Waals surface area contributed by atoms with E-state index in [9.17, 15) is 34.9 Å². The van der Waals surface area contributed by atoms with Crippen molar-refractivity contribution in [1.29, 1.82) is 0 Å². The van der Waals surface area contributed by atoms with Crippen LogP contribution in [0.1, 0.15) is 24.3 Å². The Labute approximate surface area is 236 Å². The third kappa shape index (κ3) is 4.63. The summed E-state index contributed by atoms with van der Waals surface area (Å²) in [5, 5.41) is 33.0. The van der Waals surface area contributed by atoms with E-state index in [2.05, 4.69) is 0 Å². The van der Waals surface area contributed by atoms with Crippen LogP contribution in [-0.2, 0) is 27.5 Å². The second-order valence-corrected chi connectivity index (χ2v) is 11.5. The number of benzene rings is 1. The van der Waals surface area contributed by atoms with E-state index >= 15 is 0 Å². The molecule has 1 aromatic carbocycles. The molecular weight excluding hydrogens is 562 g/mol. The fourth-order valence-corrected chi connectivity index (χ4v) is 7.63. The third-order valence-electron chi connectivity index (χ3n) is 7.27. The SMILES string of the molecule is CSc1c2sc(C3=C(C(=O)OCc4ccc([N+](=O)[O-])cc4)N4C(=O)[C@H]([C@@H](C)O)[C@H]4[C@H]3C)cn2c[n+]1CC[N+](=O)[O-]. The number of hydrogen-bond donors (Lipinski definition) is 1. The minimum absolute atomic E-state index is 0.0821. The van der Waals surface area contributed by atoms with Gasteiger partial charge in [-0.25, -0.2) is 9.36 Å². The van der Waals surface area contributed by atoms with Crippen molar-refractivity contribution in [1.82, 2.24) is 9.30 Å². The number of amides is 1. The Balaban J connectivity index is 1.50. The first-order chi connectivity index (χ1) is 19.0. The molecule has 1 N–H and O–H groups in total. The van der Waals surface area contributed by atoms with Crippen LogP contribution in [-0.4, -0.2) is 61.1 Å². The number of esters is 1.